The summed E-state index contributed by atoms with van der Waals surface area (Å²) in [5.74, 6) is 1.30. The molecule has 0 radical (unpaired) electrons. The molecular formula is C16H25N3O2S. The van der Waals surface area contributed by atoms with Crippen LogP contribution in [0.1, 0.15) is 12.1 Å². The van der Waals surface area contributed by atoms with Crippen LogP contribution in [0, 0.1) is 6.92 Å². The second-order valence-electron chi connectivity index (χ2n) is 5.62. The molecule has 0 N–H and O–H groups in total. The molecule has 5 nitrogen and oxygen atoms in total. The Morgan fingerprint density at radius 3 is 2.55 bits per heavy atom. The fraction of sp³-hybridized carbons (Fsp3) is 0.625. The third-order valence-electron chi connectivity index (χ3n) is 4.15. The number of aryl methyl sites for hydroxylation is 1. The number of amides is 1. The molecule has 1 aromatic heterocycles. The van der Waals surface area contributed by atoms with E-state index in [1.165, 1.54) is 0 Å². The highest BCUT2D eigenvalue weighted by atomic mass is 32.2. The van der Waals surface area contributed by atoms with E-state index in [4.69, 9.17) is 0 Å². The predicted molar refractivity (Wildman–Crippen MR) is 91.5 cm³/mol. The highest BCUT2D eigenvalue weighted by Gasteiger charge is 2.20. The van der Waals surface area contributed by atoms with Crippen molar-refractivity contribution in [2.75, 3.05) is 44.7 Å². The van der Waals surface area contributed by atoms with Crippen molar-refractivity contribution in [3.05, 3.63) is 34.2 Å². The highest BCUT2D eigenvalue weighted by molar-refractivity contribution is 7.98. The molecule has 6 heteroatoms. The third-order valence-corrected chi connectivity index (χ3v) is 4.74. The number of carbonyl (C=O) groups is 1. The van der Waals surface area contributed by atoms with Gasteiger partial charge in [0, 0.05) is 63.2 Å². The van der Waals surface area contributed by atoms with E-state index in [1.807, 2.05) is 29.7 Å². The minimum Gasteiger partial charge on any atom is -0.340 e. The van der Waals surface area contributed by atoms with Crippen LogP contribution in [0.3, 0.4) is 0 Å². The van der Waals surface area contributed by atoms with Crippen molar-refractivity contribution in [3.63, 3.8) is 0 Å². The molecular weight excluding hydrogens is 298 g/mol. The van der Waals surface area contributed by atoms with E-state index in [9.17, 15) is 9.59 Å². The molecule has 2 heterocycles. The number of pyridine rings is 1. The lowest BCUT2D eigenvalue weighted by molar-refractivity contribution is -0.133. The molecule has 0 unspecified atom stereocenters. The molecule has 0 aliphatic carbocycles. The van der Waals surface area contributed by atoms with E-state index in [1.54, 1.807) is 16.7 Å². The summed E-state index contributed by atoms with van der Waals surface area (Å²) >= 11 is 1.86. The van der Waals surface area contributed by atoms with Gasteiger partial charge in [0.2, 0.25) is 5.91 Å². The topological polar surface area (TPSA) is 45.5 Å². The molecule has 1 aliphatic heterocycles. The lowest BCUT2D eigenvalue weighted by Gasteiger charge is -2.34. The van der Waals surface area contributed by atoms with Crippen LogP contribution in [-0.2, 0) is 11.3 Å². The van der Waals surface area contributed by atoms with Gasteiger partial charge in [0.25, 0.3) is 5.56 Å². The maximum Gasteiger partial charge on any atom is 0.250 e. The fourth-order valence-electron chi connectivity index (χ4n) is 2.72. The van der Waals surface area contributed by atoms with Gasteiger partial charge in [0.15, 0.2) is 0 Å². The molecule has 2 rings (SSSR count). The van der Waals surface area contributed by atoms with Gasteiger partial charge in [-0.15, -0.1) is 0 Å². The van der Waals surface area contributed by atoms with Gasteiger partial charge in [0.1, 0.15) is 0 Å². The molecule has 0 spiro atoms. The van der Waals surface area contributed by atoms with Crippen LogP contribution in [0.5, 0.6) is 0 Å². The van der Waals surface area contributed by atoms with E-state index in [0.717, 1.165) is 44.2 Å². The first-order chi connectivity index (χ1) is 10.6. The van der Waals surface area contributed by atoms with Crippen molar-refractivity contribution in [1.82, 2.24) is 14.4 Å². The van der Waals surface area contributed by atoms with Gasteiger partial charge in [-0.05, 0) is 19.2 Å². The van der Waals surface area contributed by atoms with E-state index < -0.39 is 0 Å². The number of thioether (sulfide) groups is 1. The summed E-state index contributed by atoms with van der Waals surface area (Å²) < 4.78 is 1.67. The Balaban J connectivity index is 1.80. The summed E-state index contributed by atoms with van der Waals surface area (Å²) in [5, 5.41) is 0. The maximum absolute atomic E-state index is 12.3. The van der Waals surface area contributed by atoms with Gasteiger partial charge in [-0.3, -0.25) is 14.5 Å². The molecule has 0 saturated carbocycles. The summed E-state index contributed by atoms with van der Waals surface area (Å²) in [5.41, 5.74) is 0.872. The van der Waals surface area contributed by atoms with Gasteiger partial charge in [-0.2, -0.15) is 11.8 Å². The zero-order valence-electron chi connectivity index (χ0n) is 13.5. The van der Waals surface area contributed by atoms with Crippen molar-refractivity contribution in [2.45, 2.75) is 19.9 Å². The van der Waals surface area contributed by atoms with Gasteiger partial charge in [-0.25, -0.2) is 0 Å². The van der Waals surface area contributed by atoms with Crippen LogP contribution in [-0.4, -0.2) is 65.0 Å². The minimum absolute atomic E-state index is 0.0327. The van der Waals surface area contributed by atoms with Crippen LogP contribution in [0.25, 0.3) is 0 Å². The molecule has 0 bridgehead atoms. The molecule has 22 heavy (non-hydrogen) atoms. The smallest absolute Gasteiger partial charge is 0.250 e. The van der Waals surface area contributed by atoms with Gasteiger partial charge >= 0.3 is 0 Å². The van der Waals surface area contributed by atoms with Crippen molar-refractivity contribution in [2.24, 2.45) is 0 Å². The second kappa shape index (κ2) is 8.39. The largest absolute Gasteiger partial charge is 0.340 e. The summed E-state index contributed by atoms with van der Waals surface area (Å²) in [7, 11) is 0. The zero-order chi connectivity index (χ0) is 15.9. The Hall–Kier alpha value is -1.27. The molecule has 1 fully saturated rings. The SMILES string of the molecule is CSCCN1CCN(C(=O)CCn2c(C)cccc2=O)CC1. The van der Waals surface area contributed by atoms with E-state index in [-0.39, 0.29) is 11.5 Å². The Morgan fingerprint density at radius 1 is 1.18 bits per heavy atom. The fourth-order valence-corrected chi connectivity index (χ4v) is 3.16. The van der Waals surface area contributed by atoms with E-state index in [0.29, 0.717) is 13.0 Å². The second-order valence-corrected chi connectivity index (χ2v) is 6.61. The van der Waals surface area contributed by atoms with Crippen molar-refractivity contribution >= 4 is 17.7 Å². The Morgan fingerprint density at radius 2 is 1.91 bits per heavy atom. The monoisotopic (exact) mass is 323 g/mol. The van der Waals surface area contributed by atoms with E-state index >= 15 is 0 Å². The first kappa shape index (κ1) is 17.1. The number of carbonyl (C=O) groups excluding carboxylic acids is 1. The first-order valence-electron chi connectivity index (χ1n) is 7.77. The predicted octanol–water partition coefficient (Wildman–Crippen LogP) is 1.05. The van der Waals surface area contributed by atoms with E-state index in [2.05, 4.69) is 11.2 Å². The Labute approximate surface area is 136 Å². The van der Waals surface area contributed by atoms with Crippen molar-refractivity contribution in [3.8, 4) is 0 Å². The number of hydrogen-bond donors (Lipinski definition) is 0. The number of hydrogen-bond acceptors (Lipinski definition) is 4. The Bertz CT molecular complexity index is 551. The van der Waals surface area contributed by atoms with Crippen LogP contribution in [0.15, 0.2) is 23.0 Å². The molecule has 1 aliphatic rings. The van der Waals surface area contributed by atoms with Crippen LogP contribution in [0.2, 0.25) is 0 Å². The summed E-state index contributed by atoms with van der Waals surface area (Å²) in [6, 6.07) is 5.20. The Kier molecular flexibility index (Phi) is 6.51. The normalized spacial score (nSPS) is 16.0. The highest BCUT2D eigenvalue weighted by Crippen LogP contribution is 2.06. The van der Waals surface area contributed by atoms with Crippen LogP contribution < -0.4 is 5.56 Å². The average Bonchev–Trinajstić information content (AvgIpc) is 2.52. The lowest BCUT2D eigenvalue weighted by atomic mass is 10.2. The lowest BCUT2D eigenvalue weighted by Crippen LogP contribution is -2.49. The molecule has 1 amide bonds. The number of rotatable bonds is 6. The van der Waals surface area contributed by atoms with Crippen LogP contribution in [0.4, 0.5) is 0 Å². The zero-order valence-corrected chi connectivity index (χ0v) is 14.3. The van der Waals surface area contributed by atoms with Gasteiger partial charge < -0.3 is 9.47 Å². The summed E-state index contributed by atoms with van der Waals surface area (Å²) in [6.45, 7) is 6.98. The standard InChI is InChI=1S/C16H25N3O2S/c1-14-4-3-5-16(21)19(14)7-6-15(20)18-10-8-17(9-11-18)12-13-22-2/h3-5H,6-13H2,1-2H3. The summed E-state index contributed by atoms with van der Waals surface area (Å²) in [4.78, 5) is 28.4. The molecule has 1 saturated heterocycles. The average molecular weight is 323 g/mol. The quantitative estimate of drug-likeness (QED) is 0.785. The number of piperazine rings is 1. The third kappa shape index (κ3) is 4.61. The molecule has 0 atom stereocenters. The number of nitrogens with zero attached hydrogens (tertiary/aromatic N) is 3. The van der Waals surface area contributed by atoms with Gasteiger partial charge in [-0.1, -0.05) is 6.07 Å². The van der Waals surface area contributed by atoms with Crippen molar-refractivity contribution in [1.29, 1.82) is 0 Å². The minimum atomic E-state index is -0.0327. The summed E-state index contributed by atoms with van der Waals surface area (Å²) in [6.07, 6.45) is 2.52. The number of aromatic nitrogens is 1. The maximum atomic E-state index is 12.3. The van der Waals surface area contributed by atoms with Crippen LogP contribution >= 0.6 is 11.8 Å². The van der Waals surface area contributed by atoms with Crippen molar-refractivity contribution < 1.29 is 4.79 Å². The first-order valence-corrected chi connectivity index (χ1v) is 9.16. The molecule has 0 aromatic carbocycles. The molecule has 122 valence electrons. The molecule has 1 aromatic rings. The van der Waals surface area contributed by atoms with Gasteiger partial charge in [0.05, 0.1) is 0 Å².